The third-order valence-electron chi connectivity index (χ3n) is 4.28. The molecule has 9 heteroatoms. The zero-order valence-electron chi connectivity index (χ0n) is 15.8. The molecular formula is C21H17BrCl2N2O3S. The van der Waals surface area contributed by atoms with Gasteiger partial charge < -0.3 is 5.32 Å². The highest BCUT2D eigenvalue weighted by Gasteiger charge is 2.28. The molecule has 0 saturated carbocycles. The van der Waals surface area contributed by atoms with Gasteiger partial charge in [-0.15, -0.1) is 0 Å². The van der Waals surface area contributed by atoms with Gasteiger partial charge in [0.05, 0.1) is 15.6 Å². The predicted octanol–water partition coefficient (Wildman–Crippen LogP) is 5.90. The Balaban J connectivity index is 1.95. The van der Waals surface area contributed by atoms with E-state index < -0.39 is 22.5 Å². The monoisotopic (exact) mass is 526 g/mol. The molecule has 0 fully saturated rings. The minimum absolute atomic E-state index is 0.0367. The van der Waals surface area contributed by atoms with Crippen molar-refractivity contribution in [1.29, 1.82) is 0 Å². The predicted molar refractivity (Wildman–Crippen MR) is 125 cm³/mol. The van der Waals surface area contributed by atoms with Gasteiger partial charge in [-0.2, -0.15) is 0 Å². The minimum Gasteiger partial charge on any atom is -0.324 e. The second-order valence-electron chi connectivity index (χ2n) is 6.43. The Bertz CT molecular complexity index is 1190. The molecule has 1 N–H and O–H groups in total. The minimum atomic E-state index is -4.02. The van der Waals surface area contributed by atoms with Crippen LogP contribution in [-0.2, 0) is 14.8 Å². The van der Waals surface area contributed by atoms with Gasteiger partial charge in [0.25, 0.3) is 10.0 Å². The van der Waals surface area contributed by atoms with Gasteiger partial charge in [0.2, 0.25) is 5.91 Å². The van der Waals surface area contributed by atoms with Gasteiger partial charge in [-0.1, -0.05) is 41.4 Å². The van der Waals surface area contributed by atoms with Crippen LogP contribution in [0.25, 0.3) is 0 Å². The Morgan fingerprint density at radius 1 is 1.03 bits per heavy atom. The van der Waals surface area contributed by atoms with E-state index in [1.165, 1.54) is 24.3 Å². The van der Waals surface area contributed by atoms with E-state index in [0.29, 0.717) is 25.9 Å². The number of para-hydroxylation sites is 1. The molecule has 0 atom stereocenters. The topological polar surface area (TPSA) is 66.5 Å². The quantitative estimate of drug-likeness (QED) is 0.434. The van der Waals surface area contributed by atoms with Crippen molar-refractivity contribution in [2.75, 3.05) is 16.2 Å². The summed E-state index contributed by atoms with van der Waals surface area (Å²) in [7, 11) is -4.02. The normalized spacial score (nSPS) is 11.2. The molecule has 3 aromatic rings. The number of nitrogens with zero attached hydrogens (tertiary/aromatic N) is 1. The van der Waals surface area contributed by atoms with Crippen molar-refractivity contribution < 1.29 is 13.2 Å². The number of amides is 1. The standard InChI is InChI=1S/C21H17BrCl2N2O3S/c1-14-4-2-3-5-20(14)26(30(28,29)17-9-6-15(23)7-10-17)13-21(27)25-16-8-11-18(22)19(24)12-16/h2-12H,13H2,1H3,(H,25,27). The van der Waals surface area contributed by atoms with E-state index >= 15 is 0 Å². The van der Waals surface area contributed by atoms with Crippen LogP contribution in [0.1, 0.15) is 5.56 Å². The van der Waals surface area contributed by atoms with Crippen LogP contribution in [0.15, 0.2) is 76.1 Å². The second kappa shape index (κ2) is 9.39. The lowest BCUT2D eigenvalue weighted by molar-refractivity contribution is -0.114. The zero-order valence-corrected chi connectivity index (χ0v) is 19.7. The third-order valence-corrected chi connectivity index (χ3v) is 7.53. The first-order chi connectivity index (χ1) is 14.2. The van der Waals surface area contributed by atoms with E-state index in [1.807, 2.05) is 0 Å². The molecule has 30 heavy (non-hydrogen) atoms. The summed E-state index contributed by atoms with van der Waals surface area (Å²) in [5, 5.41) is 3.54. The molecule has 0 heterocycles. The number of anilines is 2. The molecule has 0 saturated heterocycles. The summed E-state index contributed by atoms with van der Waals surface area (Å²) in [5.74, 6) is -0.505. The van der Waals surface area contributed by atoms with Crippen molar-refractivity contribution in [2.45, 2.75) is 11.8 Å². The summed E-state index contributed by atoms with van der Waals surface area (Å²) in [6, 6.07) is 17.7. The molecule has 0 radical (unpaired) electrons. The van der Waals surface area contributed by atoms with Crippen LogP contribution < -0.4 is 9.62 Å². The summed E-state index contributed by atoms with van der Waals surface area (Å²) in [4.78, 5) is 12.8. The number of rotatable bonds is 6. The van der Waals surface area contributed by atoms with Gasteiger partial charge in [0, 0.05) is 15.2 Å². The summed E-state index contributed by atoms with van der Waals surface area (Å²) >= 11 is 15.3. The number of carbonyl (C=O) groups is 1. The first-order valence-corrected chi connectivity index (χ1v) is 11.8. The van der Waals surface area contributed by atoms with Crippen LogP contribution in [0, 0.1) is 6.92 Å². The Labute approximate surface area is 193 Å². The van der Waals surface area contributed by atoms with E-state index in [-0.39, 0.29) is 4.90 Å². The molecule has 0 aliphatic carbocycles. The van der Waals surface area contributed by atoms with Crippen molar-refractivity contribution in [3.63, 3.8) is 0 Å². The van der Waals surface area contributed by atoms with Crippen LogP contribution in [0.2, 0.25) is 10.0 Å². The zero-order chi connectivity index (χ0) is 21.9. The summed E-state index contributed by atoms with van der Waals surface area (Å²) in [5.41, 5.74) is 1.59. The van der Waals surface area contributed by atoms with E-state index in [9.17, 15) is 13.2 Å². The van der Waals surface area contributed by atoms with Gasteiger partial charge in [-0.3, -0.25) is 9.10 Å². The van der Waals surface area contributed by atoms with Gasteiger partial charge >= 0.3 is 0 Å². The van der Waals surface area contributed by atoms with Crippen molar-refractivity contribution in [2.24, 2.45) is 0 Å². The number of nitrogens with one attached hydrogen (secondary N) is 1. The van der Waals surface area contributed by atoms with Crippen LogP contribution in [-0.4, -0.2) is 20.9 Å². The van der Waals surface area contributed by atoms with Crippen molar-refractivity contribution in [1.82, 2.24) is 0 Å². The first-order valence-electron chi connectivity index (χ1n) is 8.77. The maximum Gasteiger partial charge on any atom is 0.264 e. The number of sulfonamides is 1. The Morgan fingerprint density at radius 3 is 2.33 bits per heavy atom. The molecule has 3 rings (SSSR count). The molecule has 1 amide bonds. The maximum absolute atomic E-state index is 13.4. The fourth-order valence-electron chi connectivity index (χ4n) is 2.78. The van der Waals surface area contributed by atoms with E-state index in [1.54, 1.807) is 49.4 Å². The molecule has 0 aromatic heterocycles. The van der Waals surface area contributed by atoms with E-state index in [2.05, 4.69) is 21.2 Å². The second-order valence-corrected chi connectivity index (χ2v) is 9.99. The Hall–Kier alpha value is -2.06. The van der Waals surface area contributed by atoms with E-state index in [0.717, 1.165) is 9.87 Å². The number of aryl methyl sites for hydroxylation is 1. The van der Waals surface area contributed by atoms with Gasteiger partial charge in [0.15, 0.2) is 0 Å². The van der Waals surface area contributed by atoms with E-state index in [4.69, 9.17) is 23.2 Å². The molecule has 0 bridgehead atoms. The van der Waals surface area contributed by atoms with Crippen molar-refractivity contribution in [3.05, 3.63) is 86.8 Å². The van der Waals surface area contributed by atoms with Gasteiger partial charge in [-0.05, 0) is 76.9 Å². The Kier molecular flexibility index (Phi) is 7.08. The largest absolute Gasteiger partial charge is 0.324 e. The molecule has 156 valence electrons. The van der Waals surface area contributed by atoms with Crippen LogP contribution >= 0.6 is 39.1 Å². The number of benzene rings is 3. The van der Waals surface area contributed by atoms with Crippen LogP contribution in [0.3, 0.4) is 0 Å². The highest BCUT2D eigenvalue weighted by molar-refractivity contribution is 9.10. The van der Waals surface area contributed by atoms with Crippen molar-refractivity contribution in [3.8, 4) is 0 Å². The highest BCUT2D eigenvalue weighted by atomic mass is 79.9. The summed E-state index contributed by atoms with van der Waals surface area (Å²) < 4.78 is 28.5. The highest BCUT2D eigenvalue weighted by Crippen LogP contribution is 2.28. The molecule has 0 unspecified atom stereocenters. The summed E-state index contributed by atoms with van der Waals surface area (Å²) in [6.45, 7) is 1.37. The first kappa shape index (κ1) is 22.6. The molecule has 0 aliphatic rings. The number of hydrogen-bond donors (Lipinski definition) is 1. The lowest BCUT2D eigenvalue weighted by atomic mass is 10.2. The lowest BCUT2D eigenvalue weighted by Gasteiger charge is -2.25. The average Bonchev–Trinajstić information content (AvgIpc) is 2.70. The SMILES string of the molecule is Cc1ccccc1N(CC(=O)Nc1ccc(Br)c(Cl)c1)S(=O)(=O)c1ccc(Cl)cc1. The summed E-state index contributed by atoms with van der Waals surface area (Å²) in [6.07, 6.45) is 0. The number of halogens is 3. The van der Waals surface area contributed by atoms with Gasteiger partial charge in [-0.25, -0.2) is 8.42 Å². The average molecular weight is 528 g/mol. The van der Waals surface area contributed by atoms with Crippen molar-refractivity contribution >= 4 is 66.4 Å². The van der Waals surface area contributed by atoms with Crippen LogP contribution in [0.4, 0.5) is 11.4 Å². The third kappa shape index (κ3) is 5.16. The lowest BCUT2D eigenvalue weighted by Crippen LogP contribution is -2.38. The molecule has 3 aromatic carbocycles. The molecule has 5 nitrogen and oxygen atoms in total. The van der Waals surface area contributed by atoms with Crippen LogP contribution in [0.5, 0.6) is 0 Å². The number of carbonyl (C=O) groups excluding carboxylic acids is 1. The maximum atomic E-state index is 13.4. The number of hydrogen-bond acceptors (Lipinski definition) is 3. The smallest absolute Gasteiger partial charge is 0.264 e. The molecule has 0 spiro atoms. The fourth-order valence-corrected chi connectivity index (χ4v) is 4.82. The molecular weight excluding hydrogens is 511 g/mol. The Morgan fingerprint density at radius 2 is 1.70 bits per heavy atom. The van der Waals surface area contributed by atoms with Gasteiger partial charge in [0.1, 0.15) is 6.54 Å². The fraction of sp³-hybridized carbons (Fsp3) is 0.0952. The molecule has 0 aliphatic heterocycles.